The molecular weight excluding hydrogens is 244 g/mol. The Balaban J connectivity index is 2.27. The fraction of sp³-hybridized carbons (Fsp3) is 0.455. The van der Waals surface area contributed by atoms with Crippen LogP contribution in [0.3, 0.4) is 0 Å². The molecule has 1 N–H and O–H groups in total. The Hall–Kier alpha value is -1.33. The van der Waals surface area contributed by atoms with Crippen LogP contribution in [0, 0.1) is 0 Å². The van der Waals surface area contributed by atoms with E-state index in [-0.39, 0.29) is 28.4 Å². The highest BCUT2D eigenvalue weighted by atomic mass is 35.5. The zero-order chi connectivity index (χ0) is 12.4. The molecule has 0 bridgehead atoms. The van der Waals surface area contributed by atoms with Crippen molar-refractivity contribution in [2.45, 2.75) is 13.0 Å². The predicted molar refractivity (Wildman–Crippen MR) is 62.2 cm³/mol. The zero-order valence-corrected chi connectivity index (χ0v) is 10.1. The first-order chi connectivity index (χ1) is 8.11. The van der Waals surface area contributed by atoms with Crippen LogP contribution in [0.25, 0.3) is 0 Å². The summed E-state index contributed by atoms with van der Waals surface area (Å²) in [6.07, 6.45) is 1.40. The van der Waals surface area contributed by atoms with Crippen LogP contribution in [0.5, 0.6) is 5.75 Å². The van der Waals surface area contributed by atoms with Gasteiger partial charge in [0.2, 0.25) is 0 Å². The third kappa shape index (κ3) is 2.35. The van der Waals surface area contributed by atoms with E-state index < -0.39 is 0 Å². The molecular formula is C11H13ClN2O3. The van der Waals surface area contributed by atoms with Gasteiger partial charge in [-0.15, -0.1) is 0 Å². The van der Waals surface area contributed by atoms with E-state index in [9.17, 15) is 9.90 Å². The van der Waals surface area contributed by atoms with Crippen molar-refractivity contribution in [1.29, 1.82) is 0 Å². The number of carbonyl (C=O) groups is 1. The molecule has 5 nitrogen and oxygen atoms in total. The lowest BCUT2D eigenvalue weighted by molar-refractivity contribution is 0.00311. The molecule has 0 aromatic carbocycles. The monoisotopic (exact) mass is 256 g/mol. The Bertz CT molecular complexity index is 439. The Morgan fingerprint density at radius 1 is 1.71 bits per heavy atom. The number of hydrogen-bond donors (Lipinski definition) is 1. The molecule has 2 heterocycles. The second-order valence-electron chi connectivity index (χ2n) is 3.91. The van der Waals surface area contributed by atoms with E-state index in [1.165, 1.54) is 12.3 Å². The summed E-state index contributed by atoms with van der Waals surface area (Å²) in [6, 6.07) is 1.41. The van der Waals surface area contributed by atoms with Gasteiger partial charge in [0.15, 0.2) is 11.4 Å². The quantitative estimate of drug-likeness (QED) is 0.823. The van der Waals surface area contributed by atoms with Gasteiger partial charge in [-0.05, 0) is 13.0 Å². The summed E-state index contributed by atoms with van der Waals surface area (Å²) in [4.78, 5) is 17.7. The minimum Gasteiger partial charge on any atom is -0.504 e. The molecule has 92 valence electrons. The van der Waals surface area contributed by atoms with Crippen molar-refractivity contribution in [3.05, 3.63) is 23.0 Å². The highest BCUT2D eigenvalue weighted by Crippen LogP contribution is 2.26. The molecule has 1 aliphatic rings. The maximum atomic E-state index is 12.2. The summed E-state index contributed by atoms with van der Waals surface area (Å²) in [5.41, 5.74) is -0.00810. The number of halogens is 1. The Kier molecular flexibility index (Phi) is 3.49. The van der Waals surface area contributed by atoms with Gasteiger partial charge < -0.3 is 14.7 Å². The first-order valence-corrected chi connectivity index (χ1v) is 5.71. The number of carbonyl (C=O) groups excluding carboxylic acids is 1. The number of aromatic nitrogens is 1. The predicted octanol–water partition coefficient (Wildman–Crippen LogP) is 1.30. The first-order valence-electron chi connectivity index (χ1n) is 5.33. The maximum Gasteiger partial charge on any atom is 0.276 e. The standard InChI is InChI=1S/C11H13ClN2O3/c1-7-6-17-5-4-14(7)11(16)9-10(15)8(12)2-3-13-9/h2-3,7,15H,4-6H2,1H3. The minimum atomic E-state index is -0.319. The summed E-state index contributed by atoms with van der Waals surface area (Å²) >= 11 is 5.75. The van der Waals surface area contributed by atoms with Crippen LogP contribution in [-0.4, -0.2) is 46.7 Å². The lowest BCUT2D eigenvalue weighted by atomic mass is 10.2. The molecule has 2 rings (SSSR count). The molecule has 6 heteroatoms. The van der Waals surface area contributed by atoms with Gasteiger partial charge in [-0.1, -0.05) is 11.6 Å². The number of morpholine rings is 1. The number of hydrogen-bond acceptors (Lipinski definition) is 4. The van der Waals surface area contributed by atoms with Crippen molar-refractivity contribution in [2.24, 2.45) is 0 Å². The van der Waals surface area contributed by atoms with Crippen molar-refractivity contribution in [3.8, 4) is 5.75 Å². The van der Waals surface area contributed by atoms with Crippen LogP contribution in [0.1, 0.15) is 17.4 Å². The highest BCUT2D eigenvalue weighted by Gasteiger charge is 2.27. The number of ether oxygens (including phenoxy) is 1. The topological polar surface area (TPSA) is 62.7 Å². The van der Waals surface area contributed by atoms with Gasteiger partial charge in [0.25, 0.3) is 5.91 Å². The van der Waals surface area contributed by atoms with E-state index in [1.54, 1.807) is 4.90 Å². The van der Waals surface area contributed by atoms with E-state index in [1.807, 2.05) is 6.92 Å². The molecule has 1 aromatic heterocycles. The normalized spacial score (nSPS) is 20.4. The molecule has 1 unspecified atom stereocenters. The largest absolute Gasteiger partial charge is 0.504 e. The molecule has 0 saturated carbocycles. The van der Waals surface area contributed by atoms with Crippen LogP contribution in [0.15, 0.2) is 12.3 Å². The molecule has 1 aromatic rings. The lowest BCUT2D eigenvalue weighted by Crippen LogP contribution is -2.47. The Labute approximate surface area is 104 Å². The van der Waals surface area contributed by atoms with Crippen LogP contribution in [0.4, 0.5) is 0 Å². The average molecular weight is 257 g/mol. The molecule has 0 radical (unpaired) electrons. The third-order valence-corrected chi connectivity index (χ3v) is 3.01. The number of rotatable bonds is 1. The van der Waals surface area contributed by atoms with Crippen molar-refractivity contribution < 1.29 is 14.6 Å². The van der Waals surface area contributed by atoms with E-state index in [2.05, 4.69) is 4.98 Å². The lowest BCUT2D eigenvalue weighted by Gasteiger charge is -2.33. The summed E-state index contributed by atoms with van der Waals surface area (Å²) in [6.45, 7) is 3.37. The van der Waals surface area contributed by atoms with Gasteiger partial charge in [-0.2, -0.15) is 0 Å². The molecule has 1 saturated heterocycles. The number of pyridine rings is 1. The van der Waals surface area contributed by atoms with Crippen LogP contribution in [-0.2, 0) is 4.74 Å². The summed E-state index contributed by atoms with van der Waals surface area (Å²) < 4.78 is 5.25. The second kappa shape index (κ2) is 4.89. The van der Waals surface area contributed by atoms with Crippen molar-refractivity contribution in [1.82, 2.24) is 9.88 Å². The molecule has 0 spiro atoms. The van der Waals surface area contributed by atoms with Gasteiger partial charge in [-0.25, -0.2) is 4.98 Å². The smallest absolute Gasteiger partial charge is 0.276 e. The molecule has 1 amide bonds. The average Bonchev–Trinajstić information content (AvgIpc) is 2.32. The minimum absolute atomic E-state index is 0.00810. The van der Waals surface area contributed by atoms with Crippen molar-refractivity contribution in [2.75, 3.05) is 19.8 Å². The van der Waals surface area contributed by atoms with Crippen molar-refractivity contribution >= 4 is 17.5 Å². The van der Waals surface area contributed by atoms with Gasteiger partial charge in [0.05, 0.1) is 24.3 Å². The number of amides is 1. The van der Waals surface area contributed by atoms with E-state index in [4.69, 9.17) is 16.3 Å². The van der Waals surface area contributed by atoms with Gasteiger partial charge in [0, 0.05) is 12.7 Å². The van der Waals surface area contributed by atoms with Crippen LogP contribution >= 0.6 is 11.6 Å². The molecule has 17 heavy (non-hydrogen) atoms. The molecule has 1 fully saturated rings. The fourth-order valence-corrected chi connectivity index (χ4v) is 1.90. The third-order valence-electron chi connectivity index (χ3n) is 2.71. The zero-order valence-electron chi connectivity index (χ0n) is 9.39. The van der Waals surface area contributed by atoms with Crippen molar-refractivity contribution in [3.63, 3.8) is 0 Å². The van der Waals surface area contributed by atoms with Gasteiger partial charge in [-0.3, -0.25) is 4.79 Å². The van der Waals surface area contributed by atoms with Crippen LogP contribution < -0.4 is 0 Å². The fourth-order valence-electron chi connectivity index (χ4n) is 1.75. The van der Waals surface area contributed by atoms with Gasteiger partial charge in [0.1, 0.15) is 0 Å². The van der Waals surface area contributed by atoms with Gasteiger partial charge >= 0.3 is 0 Å². The maximum absolute atomic E-state index is 12.2. The van der Waals surface area contributed by atoms with E-state index in [0.29, 0.717) is 19.8 Å². The Morgan fingerprint density at radius 3 is 3.18 bits per heavy atom. The van der Waals surface area contributed by atoms with E-state index >= 15 is 0 Å². The second-order valence-corrected chi connectivity index (χ2v) is 4.32. The molecule has 1 aliphatic heterocycles. The summed E-state index contributed by atoms with van der Waals surface area (Å²) in [7, 11) is 0. The van der Waals surface area contributed by atoms with Crippen LogP contribution in [0.2, 0.25) is 5.02 Å². The highest BCUT2D eigenvalue weighted by molar-refractivity contribution is 6.32. The number of nitrogens with zero attached hydrogens (tertiary/aromatic N) is 2. The summed E-state index contributed by atoms with van der Waals surface area (Å²) in [5.74, 6) is -0.585. The Morgan fingerprint density at radius 2 is 2.47 bits per heavy atom. The number of aromatic hydroxyl groups is 1. The first kappa shape index (κ1) is 12.1. The molecule has 0 aliphatic carbocycles. The SMILES string of the molecule is CC1COCCN1C(=O)c1nccc(Cl)c1O. The van der Waals surface area contributed by atoms with E-state index in [0.717, 1.165) is 0 Å². The summed E-state index contributed by atoms with van der Waals surface area (Å²) in [5, 5.41) is 9.84. The molecule has 1 atom stereocenters.